The Morgan fingerprint density at radius 2 is 2.04 bits per heavy atom. The summed E-state index contributed by atoms with van der Waals surface area (Å²) >= 11 is 6.63. The van der Waals surface area contributed by atoms with Crippen LogP contribution in [0.3, 0.4) is 0 Å². The number of hydrogen-bond donors (Lipinski definition) is 4. The lowest BCUT2D eigenvalue weighted by molar-refractivity contribution is -0.142. The fraction of sp³-hybridized carbons (Fsp3) is 0.333. The number of nitrogens with zero attached hydrogens (tertiary/aromatic N) is 3. The molecule has 1 saturated heterocycles. The Bertz CT molecular complexity index is 1930. The number of rotatable bonds is 13. The molecule has 3 atom stereocenters. The number of hydrogen-bond acceptors (Lipinski definition) is 9. The zero-order valence-corrected chi connectivity index (χ0v) is 27.9. The van der Waals surface area contributed by atoms with Gasteiger partial charge in [0.2, 0.25) is 5.89 Å². The molecule has 0 saturated carbocycles. The van der Waals surface area contributed by atoms with Crippen LogP contribution in [-0.2, 0) is 23.4 Å². The Labute approximate surface area is 291 Å². The molecule has 0 radical (unpaired) electrons. The number of carbonyl (C=O) groups excluding carboxylic acids is 1. The highest BCUT2D eigenvalue weighted by Gasteiger charge is 2.46. The second-order valence-electron chi connectivity index (χ2n) is 12.2. The second kappa shape index (κ2) is 15.1. The van der Waals surface area contributed by atoms with Gasteiger partial charge in [-0.2, -0.15) is 8.78 Å². The van der Waals surface area contributed by atoms with Crippen molar-refractivity contribution in [3.63, 3.8) is 0 Å². The minimum atomic E-state index is -3.14. The lowest BCUT2D eigenvalue weighted by Crippen LogP contribution is -2.50. The molecule has 14 heteroatoms. The monoisotopic (exact) mass is 707 g/mol. The fourth-order valence-electron chi connectivity index (χ4n) is 6.56. The largest absolute Gasteiger partial charge is 0.480 e. The molecule has 11 nitrogen and oxygen atoms in total. The van der Waals surface area contributed by atoms with Gasteiger partial charge < -0.3 is 30.0 Å². The Hall–Kier alpha value is -4.69. The van der Waals surface area contributed by atoms with Gasteiger partial charge in [0.05, 0.1) is 6.61 Å². The minimum Gasteiger partial charge on any atom is -0.480 e. The van der Waals surface area contributed by atoms with Gasteiger partial charge in [0.1, 0.15) is 28.5 Å². The van der Waals surface area contributed by atoms with Crippen molar-refractivity contribution in [3.05, 3.63) is 106 Å². The number of alkyl halides is 2. The molecule has 2 aliphatic rings. The lowest BCUT2D eigenvalue weighted by Gasteiger charge is -2.38. The molecule has 50 heavy (non-hydrogen) atoms. The van der Waals surface area contributed by atoms with Crippen molar-refractivity contribution < 1.29 is 37.7 Å². The summed E-state index contributed by atoms with van der Waals surface area (Å²) in [6.45, 7) is 0.159. The number of fused-ring (bicyclic) bond motifs is 1. The third-order valence-corrected chi connectivity index (χ3v) is 9.46. The number of carboxylic acid groups (broad SMARTS) is 1. The number of aromatic nitrogens is 2. The van der Waals surface area contributed by atoms with Crippen LogP contribution < -0.4 is 15.4 Å². The number of oxazole rings is 1. The van der Waals surface area contributed by atoms with E-state index in [-0.39, 0.29) is 36.1 Å². The summed E-state index contributed by atoms with van der Waals surface area (Å²) in [6, 6.07) is 12.8. The van der Waals surface area contributed by atoms with E-state index in [0.717, 1.165) is 16.7 Å². The van der Waals surface area contributed by atoms with E-state index in [1.54, 1.807) is 47.5 Å². The Morgan fingerprint density at radius 1 is 1.22 bits per heavy atom. The number of amides is 1. The number of halogens is 3. The van der Waals surface area contributed by atoms with E-state index in [1.165, 1.54) is 6.07 Å². The predicted octanol–water partition coefficient (Wildman–Crippen LogP) is 5.52. The molecule has 0 bridgehead atoms. The summed E-state index contributed by atoms with van der Waals surface area (Å²) < 4.78 is 38.4. The SMILES string of the molecule is CC1C(c2ccccc2Cl)=CC=CC1(NC(=O)c1ccc(CNCCO)cn1)c1nc2cc(CN3CCC[C@H]3C(=O)O)c(OC(F)F)cc2o1. The number of aliphatic hydroxyl groups excluding tert-OH is 1. The summed E-state index contributed by atoms with van der Waals surface area (Å²) in [5.74, 6) is -2.09. The predicted molar refractivity (Wildman–Crippen MR) is 182 cm³/mol. The van der Waals surface area contributed by atoms with Gasteiger partial charge in [0.25, 0.3) is 5.91 Å². The smallest absolute Gasteiger partial charge is 0.387 e. The highest BCUT2D eigenvalue weighted by atomic mass is 35.5. The zero-order valence-electron chi connectivity index (χ0n) is 27.1. The van der Waals surface area contributed by atoms with Crippen molar-refractivity contribution in [2.24, 2.45) is 5.92 Å². The number of carbonyl (C=O) groups is 2. The number of carboxylic acids is 1. The molecule has 1 fully saturated rings. The molecule has 2 unspecified atom stereocenters. The third kappa shape index (κ3) is 7.26. The molecule has 1 aliphatic carbocycles. The molecule has 262 valence electrons. The molecule has 6 rings (SSSR count). The van der Waals surface area contributed by atoms with Gasteiger partial charge in [-0.3, -0.25) is 19.5 Å². The molecule has 1 aliphatic heterocycles. The van der Waals surface area contributed by atoms with E-state index >= 15 is 0 Å². The number of aliphatic carboxylic acids is 1. The molecule has 4 N–H and O–H groups in total. The van der Waals surface area contributed by atoms with Crippen molar-refractivity contribution in [1.82, 2.24) is 25.5 Å². The Balaban J connectivity index is 1.41. The number of pyridine rings is 1. The molecule has 0 spiro atoms. The minimum absolute atomic E-state index is 0.00629. The van der Waals surface area contributed by atoms with E-state index < -0.39 is 36.0 Å². The summed E-state index contributed by atoms with van der Waals surface area (Å²) in [4.78, 5) is 36.6. The summed E-state index contributed by atoms with van der Waals surface area (Å²) in [5.41, 5.74) is 1.86. The van der Waals surface area contributed by atoms with Crippen LogP contribution in [0.4, 0.5) is 8.78 Å². The van der Waals surface area contributed by atoms with Crippen LogP contribution in [0.2, 0.25) is 5.02 Å². The Morgan fingerprint density at radius 3 is 2.76 bits per heavy atom. The maximum Gasteiger partial charge on any atom is 0.387 e. The highest BCUT2D eigenvalue weighted by molar-refractivity contribution is 6.32. The highest BCUT2D eigenvalue weighted by Crippen LogP contribution is 2.45. The lowest BCUT2D eigenvalue weighted by atomic mass is 9.74. The van der Waals surface area contributed by atoms with Gasteiger partial charge in [-0.1, -0.05) is 54.9 Å². The van der Waals surface area contributed by atoms with E-state index in [1.807, 2.05) is 31.2 Å². The van der Waals surface area contributed by atoms with Gasteiger partial charge in [0.15, 0.2) is 5.58 Å². The quantitative estimate of drug-likeness (QED) is 0.131. The van der Waals surface area contributed by atoms with Crippen LogP contribution in [0.15, 0.2) is 77.4 Å². The molecule has 2 aromatic heterocycles. The van der Waals surface area contributed by atoms with E-state index in [0.29, 0.717) is 48.6 Å². The molecule has 4 aromatic rings. The first-order chi connectivity index (χ1) is 24.1. The van der Waals surface area contributed by atoms with Crippen molar-refractivity contribution >= 4 is 40.2 Å². The number of likely N-dealkylation sites (tertiary alicyclic amines) is 1. The van der Waals surface area contributed by atoms with Crippen molar-refractivity contribution in [3.8, 4) is 5.75 Å². The van der Waals surface area contributed by atoms with Crippen LogP contribution in [-0.4, -0.2) is 69.3 Å². The second-order valence-corrected chi connectivity index (χ2v) is 12.7. The molecule has 3 heterocycles. The van der Waals surface area contributed by atoms with Crippen molar-refractivity contribution in [1.29, 1.82) is 0 Å². The molecule has 1 amide bonds. The first-order valence-corrected chi connectivity index (χ1v) is 16.6. The first kappa shape index (κ1) is 35.1. The number of aliphatic hydroxyl groups is 1. The average Bonchev–Trinajstić information content (AvgIpc) is 3.74. The number of allylic oxidation sites excluding steroid dienone is 2. The normalized spacial score (nSPS) is 20.7. The first-order valence-electron chi connectivity index (χ1n) is 16.2. The zero-order chi connectivity index (χ0) is 35.4. The van der Waals surface area contributed by atoms with Gasteiger partial charge in [0, 0.05) is 48.4 Å². The molecule has 2 aromatic carbocycles. The summed E-state index contributed by atoms with van der Waals surface area (Å²) in [6.07, 6.45) is 8.10. The molecular weight excluding hydrogens is 672 g/mol. The van der Waals surface area contributed by atoms with Crippen LogP contribution in [0, 0.1) is 5.92 Å². The van der Waals surface area contributed by atoms with Crippen LogP contribution >= 0.6 is 11.6 Å². The van der Waals surface area contributed by atoms with Crippen molar-refractivity contribution in [2.75, 3.05) is 19.7 Å². The average molecular weight is 708 g/mol. The standard InChI is InChI=1S/C36H36ClF2N5O6/c1-21-24(25-6-2-3-8-26(25)37)7-4-12-36(21,43-32(46)27-11-10-22(19-41-27)18-40-13-15-45)34-42-28-16-23(20-44-14-5-9-29(44)33(47)48)30(50-35(38)39)17-31(28)49-34/h2-4,6-8,10-12,16-17,19,21,29,35,40,45H,5,9,13-15,18,20H2,1H3,(H,43,46)(H,47,48)/t21?,29-,36?/m0/s1. The van der Waals surface area contributed by atoms with Gasteiger partial charge >= 0.3 is 12.6 Å². The summed E-state index contributed by atoms with van der Waals surface area (Å²) in [7, 11) is 0. The van der Waals surface area contributed by atoms with Crippen molar-refractivity contribution in [2.45, 2.75) is 51.0 Å². The molecular formula is C36H36ClF2N5O6. The van der Waals surface area contributed by atoms with Gasteiger partial charge in [-0.05, 0) is 60.4 Å². The van der Waals surface area contributed by atoms with Gasteiger partial charge in [-0.25, -0.2) is 4.98 Å². The fourth-order valence-corrected chi connectivity index (χ4v) is 6.81. The maximum absolute atomic E-state index is 13.9. The Kier molecular flexibility index (Phi) is 10.6. The van der Waals surface area contributed by atoms with Crippen LogP contribution in [0.1, 0.15) is 52.8 Å². The number of ether oxygens (including phenoxy) is 1. The third-order valence-electron chi connectivity index (χ3n) is 9.13. The van der Waals surface area contributed by atoms with Crippen LogP contribution in [0.5, 0.6) is 5.75 Å². The maximum atomic E-state index is 13.9. The van der Waals surface area contributed by atoms with Gasteiger partial charge in [-0.15, -0.1) is 0 Å². The van der Waals surface area contributed by atoms with E-state index in [4.69, 9.17) is 30.8 Å². The number of benzene rings is 2. The number of nitrogens with one attached hydrogen (secondary N) is 2. The topological polar surface area (TPSA) is 150 Å². The van der Waals surface area contributed by atoms with E-state index in [2.05, 4.69) is 15.6 Å². The van der Waals surface area contributed by atoms with E-state index in [9.17, 15) is 23.5 Å². The summed E-state index contributed by atoms with van der Waals surface area (Å²) in [5, 5.41) is 25.4. The van der Waals surface area contributed by atoms with Crippen LogP contribution in [0.25, 0.3) is 16.7 Å².